The van der Waals surface area contributed by atoms with E-state index in [9.17, 15) is 4.79 Å². The van der Waals surface area contributed by atoms with E-state index in [1.54, 1.807) is 0 Å². The lowest BCUT2D eigenvalue weighted by molar-refractivity contribution is 0.0821. The largest absolute Gasteiger partial charge is 0.293 e. The summed E-state index contributed by atoms with van der Waals surface area (Å²) < 4.78 is 0. The third kappa shape index (κ3) is 4.07. The lowest BCUT2D eigenvalue weighted by Gasteiger charge is -2.28. The van der Waals surface area contributed by atoms with Gasteiger partial charge in [-0.3, -0.25) is 9.69 Å². The van der Waals surface area contributed by atoms with Crippen molar-refractivity contribution in [1.82, 2.24) is 4.90 Å². The van der Waals surface area contributed by atoms with E-state index >= 15 is 0 Å². The number of hydrogen-bond acceptors (Lipinski definition) is 2. The second kappa shape index (κ2) is 7.80. The molecule has 20 heavy (non-hydrogen) atoms. The zero-order valence-electron chi connectivity index (χ0n) is 12.8. The molecule has 0 bridgehead atoms. The molecule has 0 aliphatic carbocycles. The monoisotopic (exact) mass is 295 g/mol. The molecule has 1 fully saturated rings. The van der Waals surface area contributed by atoms with E-state index in [1.165, 1.54) is 12.8 Å². The first-order chi connectivity index (χ1) is 9.09. The van der Waals surface area contributed by atoms with Gasteiger partial charge in [0.2, 0.25) is 0 Å². The topological polar surface area (TPSA) is 20.3 Å². The molecule has 2 rings (SSSR count). The van der Waals surface area contributed by atoms with Crippen molar-refractivity contribution in [3.8, 4) is 0 Å². The number of carbonyl (C=O) groups is 1. The van der Waals surface area contributed by atoms with Crippen molar-refractivity contribution in [2.24, 2.45) is 5.92 Å². The van der Waals surface area contributed by atoms with Crippen molar-refractivity contribution in [2.75, 3.05) is 13.1 Å². The summed E-state index contributed by atoms with van der Waals surface area (Å²) in [4.78, 5) is 15.2. The first-order valence-corrected chi connectivity index (χ1v) is 7.43. The van der Waals surface area contributed by atoms with Crippen molar-refractivity contribution in [3.05, 3.63) is 35.4 Å². The molecule has 0 amide bonds. The summed E-state index contributed by atoms with van der Waals surface area (Å²) >= 11 is 0. The summed E-state index contributed by atoms with van der Waals surface area (Å²) in [6, 6.07) is 8.05. The van der Waals surface area contributed by atoms with Gasteiger partial charge in [0, 0.05) is 5.56 Å². The molecule has 0 radical (unpaired) electrons. The van der Waals surface area contributed by atoms with Gasteiger partial charge >= 0.3 is 0 Å². The molecule has 3 heteroatoms. The molecule has 1 aromatic carbocycles. The number of nitrogens with zero attached hydrogens (tertiary/aromatic N) is 1. The normalized spacial score (nSPS) is 17.0. The minimum atomic E-state index is 0. The fourth-order valence-corrected chi connectivity index (χ4v) is 2.95. The van der Waals surface area contributed by atoms with Crippen molar-refractivity contribution in [2.45, 2.75) is 46.1 Å². The zero-order valence-corrected chi connectivity index (χ0v) is 13.6. The van der Waals surface area contributed by atoms with Crippen LogP contribution in [-0.2, 0) is 0 Å². The van der Waals surface area contributed by atoms with Crippen LogP contribution >= 0.6 is 12.4 Å². The van der Waals surface area contributed by atoms with Crippen LogP contribution in [0.3, 0.4) is 0 Å². The second-order valence-corrected chi connectivity index (χ2v) is 6.07. The van der Waals surface area contributed by atoms with Crippen LogP contribution in [0.4, 0.5) is 0 Å². The van der Waals surface area contributed by atoms with E-state index in [0.717, 1.165) is 30.6 Å². The van der Waals surface area contributed by atoms with Gasteiger partial charge in [0.1, 0.15) is 0 Å². The van der Waals surface area contributed by atoms with E-state index in [2.05, 4.69) is 18.7 Å². The highest BCUT2D eigenvalue weighted by atomic mass is 35.5. The maximum atomic E-state index is 12.8. The van der Waals surface area contributed by atoms with Crippen LogP contribution in [-0.4, -0.2) is 29.8 Å². The van der Waals surface area contributed by atoms with Gasteiger partial charge in [0.05, 0.1) is 6.04 Å². The Morgan fingerprint density at radius 2 is 1.80 bits per heavy atom. The Labute approximate surface area is 129 Å². The van der Waals surface area contributed by atoms with E-state index in [0.29, 0.717) is 11.7 Å². The third-order valence-corrected chi connectivity index (χ3v) is 3.99. The molecule has 1 aromatic rings. The first-order valence-electron chi connectivity index (χ1n) is 7.43. The number of benzene rings is 1. The number of halogens is 1. The second-order valence-electron chi connectivity index (χ2n) is 6.07. The standard InChI is InChI=1S/C17H25NO.ClH/c1-13(2)12-16(18-10-6-7-11-18)17(19)15-9-5-4-8-14(15)3;/h4-5,8-9,13,16H,6-7,10-12H2,1-3H3;1H. The number of rotatable bonds is 5. The van der Waals surface area contributed by atoms with Gasteiger partial charge in [-0.25, -0.2) is 0 Å². The molecule has 1 atom stereocenters. The molecule has 1 aliphatic heterocycles. The Morgan fingerprint density at radius 1 is 1.20 bits per heavy atom. The summed E-state index contributed by atoms with van der Waals surface area (Å²) in [5, 5.41) is 0. The van der Waals surface area contributed by atoms with Crippen LogP contribution in [0, 0.1) is 12.8 Å². The SMILES string of the molecule is Cc1ccccc1C(=O)C(CC(C)C)N1CCCC1.Cl. The summed E-state index contributed by atoms with van der Waals surface area (Å²) in [5.41, 5.74) is 2.00. The van der Waals surface area contributed by atoms with Gasteiger partial charge in [-0.15, -0.1) is 12.4 Å². The van der Waals surface area contributed by atoms with Crippen LogP contribution in [0.2, 0.25) is 0 Å². The average molecular weight is 296 g/mol. The van der Waals surface area contributed by atoms with Crippen LogP contribution in [0.25, 0.3) is 0 Å². The Balaban J connectivity index is 0.00000200. The fraction of sp³-hybridized carbons (Fsp3) is 0.588. The van der Waals surface area contributed by atoms with Crippen LogP contribution in [0.15, 0.2) is 24.3 Å². The molecule has 0 spiro atoms. The quantitative estimate of drug-likeness (QED) is 0.762. The summed E-state index contributed by atoms with van der Waals surface area (Å²) in [6.07, 6.45) is 3.43. The maximum absolute atomic E-state index is 12.8. The average Bonchev–Trinajstić information content (AvgIpc) is 2.89. The van der Waals surface area contributed by atoms with Crippen LogP contribution < -0.4 is 0 Å². The highest BCUT2D eigenvalue weighted by molar-refractivity contribution is 6.01. The molecule has 0 aromatic heterocycles. The van der Waals surface area contributed by atoms with Crippen molar-refractivity contribution >= 4 is 18.2 Å². The number of likely N-dealkylation sites (tertiary alicyclic amines) is 1. The summed E-state index contributed by atoms with van der Waals surface area (Å²) in [6.45, 7) is 8.59. The number of aryl methyl sites for hydroxylation is 1. The van der Waals surface area contributed by atoms with Crippen molar-refractivity contribution in [3.63, 3.8) is 0 Å². The van der Waals surface area contributed by atoms with Crippen molar-refractivity contribution in [1.29, 1.82) is 0 Å². The number of Topliss-reactive ketones (excluding diaryl/α,β-unsaturated/α-hetero) is 1. The predicted molar refractivity (Wildman–Crippen MR) is 86.8 cm³/mol. The van der Waals surface area contributed by atoms with Gasteiger partial charge in [-0.2, -0.15) is 0 Å². The Kier molecular flexibility index (Phi) is 6.70. The Morgan fingerprint density at radius 3 is 2.35 bits per heavy atom. The van der Waals surface area contributed by atoms with Gasteiger partial charge in [0.25, 0.3) is 0 Å². The molecule has 1 heterocycles. The molecule has 1 aliphatic rings. The molecular formula is C17H26ClNO. The number of carbonyl (C=O) groups excluding carboxylic acids is 1. The van der Waals surface area contributed by atoms with Gasteiger partial charge in [0.15, 0.2) is 5.78 Å². The maximum Gasteiger partial charge on any atom is 0.180 e. The Hall–Kier alpha value is -0.860. The summed E-state index contributed by atoms with van der Waals surface area (Å²) in [5.74, 6) is 0.868. The number of hydrogen-bond donors (Lipinski definition) is 0. The minimum Gasteiger partial charge on any atom is -0.293 e. The van der Waals surface area contributed by atoms with Crippen LogP contribution in [0.1, 0.15) is 49.0 Å². The lowest BCUT2D eigenvalue weighted by atomic mass is 9.93. The van der Waals surface area contributed by atoms with Gasteiger partial charge in [-0.1, -0.05) is 38.1 Å². The van der Waals surface area contributed by atoms with Gasteiger partial charge < -0.3 is 0 Å². The highest BCUT2D eigenvalue weighted by Crippen LogP contribution is 2.22. The zero-order chi connectivity index (χ0) is 13.8. The molecule has 1 saturated heterocycles. The molecule has 1 unspecified atom stereocenters. The Bertz CT molecular complexity index is 438. The smallest absolute Gasteiger partial charge is 0.180 e. The lowest BCUT2D eigenvalue weighted by Crippen LogP contribution is -2.40. The van der Waals surface area contributed by atoms with E-state index < -0.39 is 0 Å². The predicted octanol–water partition coefficient (Wildman–Crippen LogP) is 4.11. The molecule has 0 N–H and O–H groups in total. The van der Waals surface area contributed by atoms with E-state index in [-0.39, 0.29) is 18.4 Å². The van der Waals surface area contributed by atoms with Crippen LogP contribution in [0.5, 0.6) is 0 Å². The highest BCUT2D eigenvalue weighted by Gasteiger charge is 2.29. The number of ketones is 1. The minimum absolute atomic E-state index is 0. The van der Waals surface area contributed by atoms with Gasteiger partial charge in [-0.05, 0) is 50.8 Å². The van der Waals surface area contributed by atoms with E-state index in [1.807, 2.05) is 31.2 Å². The van der Waals surface area contributed by atoms with Crippen molar-refractivity contribution < 1.29 is 4.79 Å². The third-order valence-electron chi connectivity index (χ3n) is 3.99. The molecular weight excluding hydrogens is 270 g/mol. The molecule has 2 nitrogen and oxygen atoms in total. The fourth-order valence-electron chi connectivity index (χ4n) is 2.95. The van der Waals surface area contributed by atoms with E-state index in [4.69, 9.17) is 0 Å². The molecule has 112 valence electrons. The first kappa shape index (κ1) is 17.2. The summed E-state index contributed by atoms with van der Waals surface area (Å²) in [7, 11) is 0. The molecule has 0 saturated carbocycles.